The summed E-state index contributed by atoms with van der Waals surface area (Å²) in [5.74, 6) is -0.248. The Morgan fingerprint density at radius 2 is 1.70 bits per heavy atom. The Bertz CT molecular complexity index is 1200. The lowest BCUT2D eigenvalue weighted by Gasteiger charge is -2.36. The van der Waals surface area contributed by atoms with Crippen LogP contribution in [-0.2, 0) is 17.5 Å². The van der Waals surface area contributed by atoms with Crippen molar-refractivity contribution in [3.8, 4) is 11.3 Å². The second-order valence-corrected chi connectivity index (χ2v) is 8.10. The van der Waals surface area contributed by atoms with Gasteiger partial charge in [-0.15, -0.1) is 0 Å². The van der Waals surface area contributed by atoms with Crippen molar-refractivity contribution in [3.63, 3.8) is 0 Å². The highest BCUT2D eigenvalue weighted by Crippen LogP contribution is 2.31. The molecule has 1 saturated heterocycles. The number of alkyl halides is 3. The number of amides is 1. The summed E-state index contributed by atoms with van der Waals surface area (Å²) in [6.07, 6.45) is -3.07. The molecule has 0 saturated carbocycles. The summed E-state index contributed by atoms with van der Waals surface area (Å²) in [7, 11) is 0. The van der Waals surface area contributed by atoms with Gasteiger partial charge >= 0.3 is 6.18 Å². The van der Waals surface area contributed by atoms with Gasteiger partial charge in [0.25, 0.3) is 5.56 Å². The van der Waals surface area contributed by atoms with E-state index in [1.54, 1.807) is 35.2 Å². The number of piperazine rings is 1. The first-order chi connectivity index (χ1) is 15.7. The molecule has 4 rings (SSSR count). The van der Waals surface area contributed by atoms with Gasteiger partial charge in [-0.3, -0.25) is 14.2 Å². The van der Waals surface area contributed by atoms with Gasteiger partial charge in [-0.1, -0.05) is 29.8 Å². The summed E-state index contributed by atoms with van der Waals surface area (Å²) in [4.78, 5) is 32.9. The highest BCUT2D eigenvalue weighted by molar-refractivity contribution is 6.30. The number of benzene rings is 2. The molecule has 0 N–H and O–H groups in total. The number of rotatable bonds is 4. The zero-order chi connectivity index (χ0) is 23.6. The molecule has 172 valence electrons. The molecular weight excluding hydrogens is 457 g/mol. The summed E-state index contributed by atoms with van der Waals surface area (Å²) in [6, 6.07) is 13.4. The first-order valence-electron chi connectivity index (χ1n) is 10.2. The summed E-state index contributed by atoms with van der Waals surface area (Å²) in [5, 5.41) is 0.575. The van der Waals surface area contributed by atoms with Crippen LogP contribution in [0.3, 0.4) is 0 Å². The van der Waals surface area contributed by atoms with Crippen LogP contribution in [0.1, 0.15) is 5.56 Å². The van der Waals surface area contributed by atoms with E-state index in [2.05, 4.69) is 4.98 Å². The third-order valence-electron chi connectivity index (χ3n) is 5.50. The van der Waals surface area contributed by atoms with E-state index in [-0.39, 0.29) is 18.0 Å². The minimum absolute atomic E-state index is 0.156. The maximum atomic E-state index is 13.0. The van der Waals surface area contributed by atoms with Crippen LogP contribution in [0.5, 0.6) is 0 Å². The average molecular weight is 477 g/mol. The summed E-state index contributed by atoms with van der Waals surface area (Å²) in [5.41, 5.74) is 0.629. The predicted molar refractivity (Wildman–Crippen MR) is 119 cm³/mol. The molecule has 0 bridgehead atoms. The van der Waals surface area contributed by atoms with E-state index < -0.39 is 11.7 Å². The van der Waals surface area contributed by atoms with E-state index in [9.17, 15) is 22.8 Å². The van der Waals surface area contributed by atoms with Crippen molar-refractivity contribution >= 4 is 23.2 Å². The van der Waals surface area contributed by atoms with Gasteiger partial charge in [0.2, 0.25) is 5.91 Å². The number of carbonyl (C=O) groups excluding carboxylic acids is 1. The largest absolute Gasteiger partial charge is 0.416 e. The molecule has 0 atom stereocenters. The van der Waals surface area contributed by atoms with Crippen LogP contribution in [-0.4, -0.2) is 46.5 Å². The molecule has 6 nitrogen and oxygen atoms in total. The maximum absolute atomic E-state index is 13.0. The smallest absolute Gasteiger partial charge is 0.368 e. The van der Waals surface area contributed by atoms with Gasteiger partial charge in [0.15, 0.2) is 0 Å². The summed E-state index contributed by atoms with van der Waals surface area (Å²) in [6.45, 7) is 1.34. The van der Waals surface area contributed by atoms with Gasteiger partial charge in [0.05, 0.1) is 17.6 Å². The first kappa shape index (κ1) is 22.8. The van der Waals surface area contributed by atoms with Crippen molar-refractivity contribution < 1.29 is 18.0 Å². The molecule has 33 heavy (non-hydrogen) atoms. The number of halogens is 4. The monoisotopic (exact) mass is 476 g/mol. The van der Waals surface area contributed by atoms with E-state index in [0.717, 1.165) is 17.7 Å². The zero-order valence-corrected chi connectivity index (χ0v) is 18.2. The molecule has 1 aliphatic rings. The Kier molecular flexibility index (Phi) is 6.42. The van der Waals surface area contributed by atoms with Crippen molar-refractivity contribution in [3.05, 3.63) is 81.9 Å². The van der Waals surface area contributed by atoms with Crippen molar-refractivity contribution in [2.24, 2.45) is 0 Å². The van der Waals surface area contributed by atoms with E-state index in [1.807, 2.05) is 4.90 Å². The lowest BCUT2D eigenvalue weighted by Crippen LogP contribution is -2.50. The van der Waals surface area contributed by atoms with Crippen LogP contribution < -0.4 is 10.5 Å². The highest BCUT2D eigenvalue weighted by atomic mass is 35.5. The van der Waals surface area contributed by atoms with Crippen LogP contribution >= 0.6 is 11.6 Å². The third kappa shape index (κ3) is 5.36. The second-order valence-electron chi connectivity index (χ2n) is 7.66. The molecule has 2 heterocycles. The van der Waals surface area contributed by atoms with Gasteiger partial charge < -0.3 is 9.80 Å². The standard InChI is InChI=1S/C23H20ClF3N4O2/c24-18-6-4-16(5-7-18)20-13-21(32)31(15-28-20)14-22(33)30-10-8-29(9-11-30)19-3-1-2-17(12-19)23(25,26)27/h1-7,12-13,15H,8-11,14H2. The van der Waals surface area contributed by atoms with E-state index in [0.29, 0.717) is 42.6 Å². The minimum Gasteiger partial charge on any atom is -0.368 e. The van der Waals surface area contributed by atoms with E-state index in [1.165, 1.54) is 23.0 Å². The van der Waals surface area contributed by atoms with Crippen LogP contribution in [0.4, 0.5) is 18.9 Å². The second kappa shape index (κ2) is 9.27. The van der Waals surface area contributed by atoms with Gasteiger partial charge in [0, 0.05) is 48.5 Å². The topological polar surface area (TPSA) is 58.4 Å². The first-order valence-corrected chi connectivity index (χ1v) is 10.6. The van der Waals surface area contributed by atoms with Crippen LogP contribution in [0.15, 0.2) is 65.7 Å². The highest BCUT2D eigenvalue weighted by Gasteiger charge is 2.31. The molecule has 2 aromatic carbocycles. The van der Waals surface area contributed by atoms with Crippen molar-refractivity contribution in [1.29, 1.82) is 0 Å². The fourth-order valence-corrected chi connectivity index (χ4v) is 3.79. The Morgan fingerprint density at radius 1 is 1.00 bits per heavy atom. The molecule has 0 spiro atoms. The van der Waals surface area contributed by atoms with Gasteiger partial charge in [-0.05, 0) is 30.3 Å². The number of hydrogen-bond donors (Lipinski definition) is 0. The molecule has 0 unspecified atom stereocenters. The van der Waals surface area contributed by atoms with E-state index >= 15 is 0 Å². The lowest BCUT2D eigenvalue weighted by atomic mass is 10.1. The maximum Gasteiger partial charge on any atom is 0.416 e. The molecule has 1 aromatic heterocycles. The normalized spacial score (nSPS) is 14.4. The number of carbonyl (C=O) groups is 1. The fourth-order valence-electron chi connectivity index (χ4n) is 3.66. The van der Waals surface area contributed by atoms with Crippen molar-refractivity contribution in [1.82, 2.24) is 14.5 Å². The summed E-state index contributed by atoms with van der Waals surface area (Å²) >= 11 is 5.88. The molecule has 10 heteroatoms. The van der Waals surface area contributed by atoms with Crippen LogP contribution in [0.2, 0.25) is 5.02 Å². The van der Waals surface area contributed by atoms with Crippen LogP contribution in [0, 0.1) is 0 Å². The molecular formula is C23H20ClF3N4O2. The number of nitrogens with zero attached hydrogens (tertiary/aromatic N) is 4. The van der Waals surface area contributed by atoms with Crippen molar-refractivity contribution in [2.75, 3.05) is 31.1 Å². The van der Waals surface area contributed by atoms with Crippen LogP contribution in [0.25, 0.3) is 11.3 Å². The Hall–Kier alpha value is -3.33. The number of anilines is 1. The van der Waals surface area contributed by atoms with E-state index in [4.69, 9.17) is 11.6 Å². The Labute approximate surface area is 192 Å². The Balaban J connectivity index is 1.38. The minimum atomic E-state index is -4.40. The average Bonchev–Trinajstić information content (AvgIpc) is 2.80. The molecule has 0 radical (unpaired) electrons. The van der Waals surface area contributed by atoms with Gasteiger partial charge in [-0.2, -0.15) is 13.2 Å². The third-order valence-corrected chi connectivity index (χ3v) is 5.75. The Morgan fingerprint density at radius 3 is 2.33 bits per heavy atom. The molecule has 1 amide bonds. The van der Waals surface area contributed by atoms with Gasteiger partial charge in [-0.25, -0.2) is 4.98 Å². The molecule has 1 fully saturated rings. The van der Waals surface area contributed by atoms with Gasteiger partial charge in [0.1, 0.15) is 6.54 Å². The zero-order valence-electron chi connectivity index (χ0n) is 17.4. The quantitative estimate of drug-likeness (QED) is 0.572. The summed E-state index contributed by atoms with van der Waals surface area (Å²) < 4.78 is 40.1. The number of hydrogen-bond acceptors (Lipinski definition) is 4. The fraction of sp³-hybridized carbons (Fsp3) is 0.261. The lowest BCUT2D eigenvalue weighted by molar-refractivity contribution is -0.137. The molecule has 3 aromatic rings. The van der Waals surface area contributed by atoms with Crippen molar-refractivity contribution in [2.45, 2.75) is 12.7 Å². The number of aromatic nitrogens is 2. The predicted octanol–water partition coefficient (Wildman–Crippen LogP) is 3.93. The molecule has 0 aliphatic carbocycles. The molecule has 1 aliphatic heterocycles. The SMILES string of the molecule is O=C(Cn1cnc(-c2ccc(Cl)cc2)cc1=O)N1CCN(c2cccc(C(F)(F)F)c2)CC1.